The fourth-order valence-corrected chi connectivity index (χ4v) is 6.04. The van der Waals surface area contributed by atoms with Crippen molar-refractivity contribution in [2.45, 2.75) is 168 Å². The molecule has 9 nitrogen and oxygen atoms in total. The van der Waals surface area contributed by atoms with E-state index in [0.717, 1.165) is 38.5 Å². The van der Waals surface area contributed by atoms with Gasteiger partial charge in [-0.05, 0) is 51.4 Å². The fraction of sp³-hybridized carbons (Fsp3) is 0.767. The van der Waals surface area contributed by atoms with Gasteiger partial charge in [0.05, 0.1) is 27.7 Å². The van der Waals surface area contributed by atoms with Crippen molar-refractivity contribution in [1.29, 1.82) is 0 Å². The van der Waals surface area contributed by atoms with Gasteiger partial charge in [-0.25, -0.2) is 4.57 Å². The van der Waals surface area contributed by atoms with Crippen LogP contribution >= 0.6 is 7.82 Å². The van der Waals surface area contributed by atoms with Gasteiger partial charge in [-0.15, -0.1) is 0 Å². The van der Waals surface area contributed by atoms with E-state index < -0.39 is 32.5 Å². The fourth-order valence-electron chi connectivity index (χ4n) is 5.30. The van der Waals surface area contributed by atoms with Crippen molar-refractivity contribution in [1.82, 2.24) is 0 Å². The highest BCUT2D eigenvalue weighted by Crippen LogP contribution is 2.43. The van der Waals surface area contributed by atoms with Crippen LogP contribution in [0.4, 0.5) is 0 Å². The highest BCUT2D eigenvalue weighted by Gasteiger charge is 2.27. The molecular weight excluding hydrogens is 689 g/mol. The number of nitrogens with zero attached hydrogens (tertiary/aromatic N) is 1. The summed E-state index contributed by atoms with van der Waals surface area (Å²) in [6, 6.07) is 0. The number of hydrogen-bond donors (Lipinski definition) is 1. The first kappa shape index (κ1) is 51.0. The van der Waals surface area contributed by atoms with E-state index in [1.807, 2.05) is 21.1 Å². The largest absolute Gasteiger partial charge is 0.472 e. The SMILES string of the molecule is CCCCC/C=C\C/C=C\C/C=C\C/C=C\CCCC(=O)OC[C@H](COP(=O)(O)OCC[N+](C)(C)C)OC(=O)CCCCCCCCCCCCCC. The molecule has 53 heavy (non-hydrogen) atoms. The van der Waals surface area contributed by atoms with Crippen LogP contribution in [0.25, 0.3) is 0 Å². The zero-order chi connectivity index (χ0) is 39.3. The molecule has 0 aromatic rings. The highest BCUT2D eigenvalue weighted by atomic mass is 31.2. The third-order valence-corrected chi connectivity index (χ3v) is 9.60. The average Bonchev–Trinajstić information content (AvgIpc) is 3.10. The van der Waals surface area contributed by atoms with Gasteiger partial charge in [-0.1, -0.05) is 146 Å². The Bertz CT molecular complexity index is 1050. The Kier molecular flexibility index (Phi) is 34.3. The summed E-state index contributed by atoms with van der Waals surface area (Å²) in [5.41, 5.74) is 0. The monoisotopic (exact) mass is 769 g/mol. The number of unbranched alkanes of at least 4 members (excludes halogenated alkanes) is 15. The molecule has 0 radical (unpaired) electrons. The topological polar surface area (TPSA) is 108 Å². The summed E-state index contributed by atoms with van der Waals surface area (Å²) in [5, 5.41) is 0. The van der Waals surface area contributed by atoms with E-state index in [-0.39, 0.29) is 26.1 Å². The lowest BCUT2D eigenvalue weighted by atomic mass is 10.0. The summed E-state index contributed by atoms with van der Waals surface area (Å²) in [7, 11) is 1.44. The smallest absolute Gasteiger partial charge is 0.462 e. The summed E-state index contributed by atoms with van der Waals surface area (Å²) >= 11 is 0. The second-order valence-electron chi connectivity index (χ2n) is 15.0. The number of carbonyl (C=O) groups is 2. The van der Waals surface area contributed by atoms with Gasteiger partial charge in [0.25, 0.3) is 0 Å². The molecule has 0 bridgehead atoms. The van der Waals surface area contributed by atoms with E-state index in [0.29, 0.717) is 23.9 Å². The maximum Gasteiger partial charge on any atom is 0.472 e. The summed E-state index contributed by atoms with van der Waals surface area (Å²) in [6.45, 7) is 4.31. The van der Waals surface area contributed by atoms with Crippen LogP contribution < -0.4 is 0 Å². The first-order valence-corrected chi connectivity index (χ1v) is 22.4. The molecule has 1 unspecified atom stereocenters. The van der Waals surface area contributed by atoms with Crippen molar-refractivity contribution in [2.24, 2.45) is 0 Å². The van der Waals surface area contributed by atoms with E-state index in [4.69, 9.17) is 18.5 Å². The van der Waals surface area contributed by atoms with Gasteiger partial charge in [0.1, 0.15) is 19.8 Å². The molecule has 0 spiro atoms. The minimum atomic E-state index is -4.38. The predicted molar refractivity (Wildman–Crippen MR) is 220 cm³/mol. The lowest BCUT2D eigenvalue weighted by Crippen LogP contribution is -2.37. The second kappa shape index (κ2) is 35.7. The third-order valence-electron chi connectivity index (χ3n) is 8.61. The zero-order valence-electron chi connectivity index (χ0n) is 34.5. The number of likely N-dealkylation sites (N-methyl/N-ethyl adjacent to an activating group) is 1. The Labute approximate surface area is 324 Å². The van der Waals surface area contributed by atoms with E-state index in [2.05, 4.69) is 62.5 Å². The number of hydrogen-bond acceptors (Lipinski definition) is 7. The van der Waals surface area contributed by atoms with Crippen LogP contribution in [0.3, 0.4) is 0 Å². The Morgan fingerprint density at radius 1 is 0.585 bits per heavy atom. The van der Waals surface area contributed by atoms with Gasteiger partial charge in [-0.2, -0.15) is 0 Å². The maximum atomic E-state index is 12.6. The summed E-state index contributed by atoms with van der Waals surface area (Å²) < 4.78 is 34.2. The number of phosphoric ester groups is 1. The summed E-state index contributed by atoms with van der Waals surface area (Å²) in [6.07, 6.45) is 40.2. The van der Waals surface area contributed by atoms with Gasteiger partial charge in [0.15, 0.2) is 6.10 Å². The minimum Gasteiger partial charge on any atom is -0.462 e. The van der Waals surface area contributed by atoms with Gasteiger partial charge in [0, 0.05) is 12.8 Å². The Balaban J connectivity index is 4.48. The van der Waals surface area contributed by atoms with Crippen molar-refractivity contribution < 1.29 is 42.1 Å². The molecule has 1 N–H and O–H groups in total. The van der Waals surface area contributed by atoms with Crippen LogP contribution in [0, 0.1) is 0 Å². The van der Waals surface area contributed by atoms with Crippen LogP contribution in [0.5, 0.6) is 0 Å². The van der Waals surface area contributed by atoms with Crippen LogP contribution in [0.1, 0.15) is 162 Å². The zero-order valence-corrected chi connectivity index (χ0v) is 35.4. The number of esters is 2. The quantitative estimate of drug-likeness (QED) is 0.0219. The van der Waals surface area contributed by atoms with Crippen molar-refractivity contribution in [3.8, 4) is 0 Å². The summed E-state index contributed by atoms with van der Waals surface area (Å²) in [5.74, 6) is -0.866. The molecule has 0 saturated carbocycles. The second-order valence-corrected chi connectivity index (χ2v) is 16.5. The standard InChI is InChI=1S/C43H78NO8P/c1-6-8-10-12-14-16-18-20-21-22-23-24-26-27-29-31-33-35-42(45)49-39-41(40-51-53(47,48)50-38-37-44(3,4)5)52-43(46)36-34-32-30-28-25-19-17-15-13-11-9-7-2/h14,16,20-21,23-24,27,29,41H,6-13,15,17-19,22,25-26,28,30-40H2,1-5H3/p+1/b16-14-,21-20-,24-23-,29-27-/t41-/m1/s1. The molecule has 0 aromatic heterocycles. The molecule has 0 amide bonds. The third kappa shape index (κ3) is 39.5. The van der Waals surface area contributed by atoms with Gasteiger partial charge in [0.2, 0.25) is 0 Å². The van der Waals surface area contributed by atoms with Crippen LogP contribution in [0.15, 0.2) is 48.6 Å². The molecule has 0 heterocycles. The van der Waals surface area contributed by atoms with Crippen molar-refractivity contribution >= 4 is 19.8 Å². The van der Waals surface area contributed by atoms with E-state index in [1.54, 1.807) is 0 Å². The summed E-state index contributed by atoms with van der Waals surface area (Å²) in [4.78, 5) is 35.2. The van der Waals surface area contributed by atoms with E-state index in [9.17, 15) is 19.0 Å². The van der Waals surface area contributed by atoms with Gasteiger partial charge < -0.3 is 18.9 Å². The van der Waals surface area contributed by atoms with Gasteiger partial charge in [-0.3, -0.25) is 18.6 Å². The Morgan fingerprint density at radius 2 is 1.04 bits per heavy atom. The maximum absolute atomic E-state index is 12.6. The molecule has 0 aromatic carbocycles. The predicted octanol–water partition coefficient (Wildman–Crippen LogP) is 11.5. The number of allylic oxidation sites excluding steroid dienone is 8. The molecule has 0 aliphatic carbocycles. The Hall–Kier alpha value is -2.03. The highest BCUT2D eigenvalue weighted by molar-refractivity contribution is 7.47. The molecule has 10 heteroatoms. The molecule has 308 valence electrons. The Morgan fingerprint density at radius 3 is 1.57 bits per heavy atom. The minimum absolute atomic E-state index is 0.0229. The average molecular weight is 769 g/mol. The van der Waals surface area contributed by atoms with Crippen molar-refractivity contribution in [3.63, 3.8) is 0 Å². The number of ether oxygens (including phenoxy) is 2. The normalized spacial score (nSPS) is 14.2. The van der Waals surface area contributed by atoms with Crippen LogP contribution in [-0.2, 0) is 32.7 Å². The molecule has 0 saturated heterocycles. The number of rotatable bonds is 37. The lowest BCUT2D eigenvalue weighted by molar-refractivity contribution is -0.870. The lowest BCUT2D eigenvalue weighted by Gasteiger charge is -2.24. The van der Waals surface area contributed by atoms with Gasteiger partial charge >= 0.3 is 19.8 Å². The van der Waals surface area contributed by atoms with E-state index >= 15 is 0 Å². The molecule has 0 aliphatic heterocycles. The molecule has 0 rings (SSSR count). The van der Waals surface area contributed by atoms with Crippen LogP contribution in [-0.4, -0.2) is 74.9 Å². The first-order chi connectivity index (χ1) is 25.5. The number of quaternary nitrogens is 1. The van der Waals surface area contributed by atoms with E-state index in [1.165, 1.54) is 83.5 Å². The number of phosphoric acid groups is 1. The molecule has 0 fully saturated rings. The first-order valence-electron chi connectivity index (χ1n) is 20.9. The molecule has 2 atom stereocenters. The van der Waals surface area contributed by atoms with Crippen LogP contribution in [0.2, 0.25) is 0 Å². The van der Waals surface area contributed by atoms with Crippen molar-refractivity contribution in [3.05, 3.63) is 48.6 Å². The molecule has 0 aliphatic rings. The number of carbonyl (C=O) groups excluding carboxylic acids is 2. The van der Waals surface area contributed by atoms with Crippen molar-refractivity contribution in [2.75, 3.05) is 47.5 Å². The molecular formula is C43H79NO8P+.